The van der Waals surface area contributed by atoms with Gasteiger partial charge in [0, 0.05) is 34.1 Å². The van der Waals surface area contributed by atoms with Crippen molar-refractivity contribution >= 4 is 73.7 Å². The fourth-order valence-corrected chi connectivity index (χ4v) is 13.7. The van der Waals surface area contributed by atoms with E-state index in [0.29, 0.717) is 0 Å². The van der Waals surface area contributed by atoms with Crippen molar-refractivity contribution in [2.45, 2.75) is 0 Å². The summed E-state index contributed by atoms with van der Waals surface area (Å²) in [6, 6.07) is 84.6. The quantitative estimate of drug-likeness (QED) is 0.151. The number of anilines is 6. The summed E-state index contributed by atoms with van der Waals surface area (Å²) in [5.74, 6) is 0. The third-order valence-corrected chi connectivity index (χ3v) is 15.9. The molecule has 260 valence electrons. The first-order valence-electron chi connectivity index (χ1n) is 18.9. The zero-order valence-corrected chi connectivity index (χ0v) is 31.3. The zero-order chi connectivity index (χ0) is 36.6. The molecule has 55 heavy (non-hydrogen) atoms. The Hall–Kier alpha value is -6.94. The molecule has 0 atom stereocenters. The molecule has 2 nitrogen and oxygen atoms in total. The smallest absolute Gasteiger partial charge is 0.184 e. The van der Waals surface area contributed by atoms with Gasteiger partial charge in [0.15, 0.2) is 8.07 Å². The number of hydrogen-bond acceptors (Lipinski definition) is 2. The standard InChI is InChI=1S/C52H38N2Si/c1-5-19-43(20-6-1)53(45-33-31-40(32-34-45)42-30-29-39-17-13-14-18-41(39)37-42)46-35-36-52-50(38-46)54(44-21-7-2-8-22-44)49-27-15-16-28-51(49)55(52,47-23-9-3-10-24-47)48-25-11-4-12-26-48/h1-38H. The summed E-state index contributed by atoms with van der Waals surface area (Å²) in [6.07, 6.45) is 0. The Bertz CT molecular complexity index is 2710. The number of hydrogen-bond donors (Lipinski definition) is 0. The molecule has 0 aromatic heterocycles. The molecule has 3 heteroatoms. The van der Waals surface area contributed by atoms with Gasteiger partial charge >= 0.3 is 0 Å². The predicted molar refractivity (Wildman–Crippen MR) is 236 cm³/mol. The molecule has 1 aliphatic heterocycles. The molecule has 1 heterocycles. The van der Waals surface area contributed by atoms with Crippen LogP contribution in [0.15, 0.2) is 231 Å². The summed E-state index contributed by atoms with van der Waals surface area (Å²) >= 11 is 0. The van der Waals surface area contributed by atoms with Crippen LogP contribution in [0.25, 0.3) is 21.9 Å². The lowest BCUT2D eigenvalue weighted by atomic mass is 10.0. The first-order chi connectivity index (χ1) is 27.3. The third-order valence-electron chi connectivity index (χ3n) is 11.1. The van der Waals surface area contributed by atoms with E-state index in [0.717, 1.165) is 22.7 Å². The fourth-order valence-electron chi connectivity index (χ4n) is 8.64. The Labute approximate surface area is 323 Å². The van der Waals surface area contributed by atoms with Crippen molar-refractivity contribution in [3.05, 3.63) is 231 Å². The van der Waals surface area contributed by atoms with E-state index in [4.69, 9.17) is 0 Å². The Morgan fingerprint density at radius 2 is 0.836 bits per heavy atom. The van der Waals surface area contributed by atoms with Gasteiger partial charge in [-0.25, -0.2) is 0 Å². The molecule has 0 bridgehead atoms. The second kappa shape index (κ2) is 13.8. The van der Waals surface area contributed by atoms with Gasteiger partial charge in [-0.05, 0) is 103 Å². The fraction of sp³-hybridized carbons (Fsp3) is 0. The van der Waals surface area contributed by atoms with Crippen molar-refractivity contribution < 1.29 is 0 Å². The summed E-state index contributed by atoms with van der Waals surface area (Å²) < 4.78 is 0. The van der Waals surface area contributed by atoms with Gasteiger partial charge in [-0.2, -0.15) is 0 Å². The molecular weight excluding hydrogens is 681 g/mol. The molecule has 1 aliphatic rings. The number of para-hydroxylation sites is 3. The number of rotatable bonds is 7. The van der Waals surface area contributed by atoms with Crippen molar-refractivity contribution in [3.8, 4) is 11.1 Å². The Balaban J connectivity index is 1.20. The normalized spacial score (nSPS) is 12.8. The van der Waals surface area contributed by atoms with Gasteiger partial charge in [-0.3, -0.25) is 0 Å². The number of benzene rings is 9. The summed E-state index contributed by atoms with van der Waals surface area (Å²) in [7, 11) is -2.79. The van der Waals surface area contributed by atoms with Gasteiger partial charge < -0.3 is 9.80 Å². The van der Waals surface area contributed by atoms with Crippen molar-refractivity contribution in [1.82, 2.24) is 0 Å². The average Bonchev–Trinajstić information content (AvgIpc) is 3.27. The van der Waals surface area contributed by atoms with Gasteiger partial charge in [0.2, 0.25) is 0 Å². The monoisotopic (exact) mass is 718 g/mol. The van der Waals surface area contributed by atoms with E-state index in [1.54, 1.807) is 0 Å². The minimum absolute atomic E-state index is 1.10. The van der Waals surface area contributed by atoms with Crippen LogP contribution in [0.3, 0.4) is 0 Å². The Kier molecular flexibility index (Phi) is 8.20. The molecule has 9 aromatic rings. The molecule has 0 saturated heterocycles. The maximum absolute atomic E-state index is 2.79. The van der Waals surface area contributed by atoms with Crippen LogP contribution in [0.5, 0.6) is 0 Å². The maximum atomic E-state index is 2.48. The molecule has 0 amide bonds. The molecule has 0 unspecified atom stereocenters. The van der Waals surface area contributed by atoms with Crippen molar-refractivity contribution in [3.63, 3.8) is 0 Å². The van der Waals surface area contributed by atoms with Crippen molar-refractivity contribution in [2.75, 3.05) is 9.80 Å². The number of fused-ring (bicyclic) bond motifs is 3. The minimum atomic E-state index is -2.79. The van der Waals surface area contributed by atoms with Crippen molar-refractivity contribution in [1.29, 1.82) is 0 Å². The highest BCUT2D eigenvalue weighted by atomic mass is 28.3. The van der Waals surface area contributed by atoms with Crippen LogP contribution in [-0.2, 0) is 0 Å². The first kappa shape index (κ1) is 32.7. The molecule has 9 aromatic carbocycles. The molecule has 0 saturated carbocycles. The molecular formula is C52H38N2Si. The number of nitrogens with zero attached hydrogens (tertiary/aromatic N) is 2. The average molecular weight is 719 g/mol. The highest BCUT2D eigenvalue weighted by molar-refractivity contribution is 7.21. The van der Waals surface area contributed by atoms with Crippen LogP contribution in [0.4, 0.5) is 34.1 Å². The van der Waals surface area contributed by atoms with E-state index in [1.165, 1.54) is 54.0 Å². The molecule has 0 aliphatic carbocycles. The molecule has 0 N–H and O–H groups in total. The third kappa shape index (κ3) is 5.56. The van der Waals surface area contributed by atoms with E-state index in [9.17, 15) is 0 Å². The van der Waals surface area contributed by atoms with E-state index < -0.39 is 8.07 Å². The lowest BCUT2D eigenvalue weighted by Gasteiger charge is -2.45. The second-order valence-corrected chi connectivity index (χ2v) is 17.9. The summed E-state index contributed by atoms with van der Waals surface area (Å²) in [4.78, 5) is 4.87. The molecule has 0 spiro atoms. The van der Waals surface area contributed by atoms with Gasteiger partial charge in [-0.1, -0.05) is 170 Å². The first-order valence-corrected chi connectivity index (χ1v) is 20.9. The molecule has 0 fully saturated rings. The van der Waals surface area contributed by atoms with Crippen LogP contribution in [0.2, 0.25) is 0 Å². The van der Waals surface area contributed by atoms with Crippen LogP contribution < -0.4 is 30.5 Å². The van der Waals surface area contributed by atoms with Gasteiger partial charge in [0.05, 0.1) is 0 Å². The van der Waals surface area contributed by atoms with Crippen LogP contribution >= 0.6 is 0 Å². The maximum Gasteiger partial charge on any atom is 0.184 e. The summed E-state index contributed by atoms with van der Waals surface area (Å²) in [5.41, 5.74) is 9.30. The van der Waals surface area contributed by atoms with E-state index in [-0.39, 0.29) is 0 Å². The van der Waals surface area contributed by atoms with Crippen LogP contribution in [0, 0.1) is 0 Å². The van der Waals surface area contributed by atoms with E-state index in [2.05, 4.69) is 240 Å². The summed E-state index contributed by atoms with van der Waals surface area (Å²) in [5, 5.41) is 8.01. The highest BCUT2D eigenvalue weighted by Gasteiger charge is 2.49. The highest BCUT2D eigenvalue weighted by Crippen LogP contribution is 2.43. The predicted octanol–water partition coefficient (Wildman–Crippen LogP) is 11.1. The molecule has 10 rings (SSSR count). The zero-order valence-electron chi connectivity index (χ0n) is 30.3. The minimum Gasteiger partial charge on any atom is -0.311 e. The Morgan fingerprint density at radius 3 is 1.53 bits per heavy atom. The Morgan fingerprint density at radius 1 is 0.327 bits per heavy atom. The van der Waals surface area contributed by atoms with Gasteiger partial charge in [0.1, 0.15) is 0 Å². The van der Waals surface area contributed by atoms with Crippen LogP contribution in [0.1, 0.15) is 0 Å². The van der Waals surface area contributed by atoms with Crippen LogP contribution in [-0.4, -0.2) is 8.07 Å². The van der Waals surface area contributed by atoms with Crippen molar-refractivity contribution in [2.24, 2.45) is 0 Å². The van der Waals surface area contributed by atoms with E-state index >= 15 is 0 Å². The lowest BCUT2D eigenvalue weighted by Crippen LogP contribution is -2.77. The lowest BCUT2D eigenvalue weighted by molar-refractivity contribution is 1.25. The van der Waals surface area contributed by atoms with Gasteiger partial charge in [0.25, 0.3) is 0 Å². The van der Waals surface area contributed by atoms with E-state index in [1.807, 2.05) is 0 Å². The topological polar surface area (TPSA) is 6.48 Å². The largest absolute Gasteiger partial charge is 0.311 e. The SMILES string of the molecule is c1ccc(N(c2ccc(-c3ccc4ccccc4c3)cc2)c2ccc3c(c2)N(c2ccccc2)c2ccccc2[Si]3(c2ccccc2)c2ccccc2)cc1. The molecule has 0 radical (unpaired) electrons. The second-order valence-electron chi connectivity index (χ2n) is 14.2. The summed E-state index contributed by atoms with van der Waals surface area (Å²) in [6.45, 7) is 0. The van der Waals surface area contributed by atoms with Gasteiger partial charge in [-0.15, -0.1) is 0 Å².